The Balaban J connectivity index is 0.00000107. The molecule has 0 spiro atoms. The van der Waals surface area contributed by atoms with Gasteiger partial charge in [0.1, 0.15) is 0 Å². The van der Waals surface area contributed by atoms with Gasteiger partial charge >= 0.3 is 0 Å². The molecule has 0 aliphatic heterocycles. The van der Waals surface area contributed by atoms with Gasteiger partial charge in [-0.05, 0) is 44.9 Å². The third-order valence-corrected chi connectivity index (χ3v) is 5.95. The molecule has 2 saturated carbocycles. The summed E-state index contributed by atoms with van der Waals surface area (Å²) < 4.78 is 8.04. The third kappa shape index (κ3) is 8.32. The summed E-state index contributed by atoms with van der Waals surface area (Å²) in [5.74, 6) is 0.429. The van der Waals surface area contributed by atoms with Crippen LogP contribution in [0.15, 0.2) is 18.7 Å². The second-order valence-electron chi connectivity index (χ2n) is 8.21. The average Bonchev–Trinajstić information content (AvgIpc) is 3.23. The van der Waals surface area contributed by atoms with Gasteiger partial charge < -0.3 is 25.0 Å². The number of hydrogen-bond acceptors (Lipinski definition) is 5. The normalized spacial score (nSPS) is 23.1. The molecule has 0 saturated heterocycles. The van der Waals surface area contributed by atoms with Crippen molar-refractivity contribution in [2.75, 3.05) is 13.2 Å². The van der Waals surface area contributed by atoms with E-state index >= 15 is 0 Å². The first-order chi connectivity index (χ1) is 15.1. The van der Waals surface area contributed by atoms with Crippen LogP contribution in [0.1, 0.15) is 58.3 Å². The number of carbonyl (C=O) groups is 3. The Morgan fingerprint density at radius 3 is 2.61 bits per heavy atom. The first kappa shape index (κ1) is 24.8. The minimum atomic E-state index is -0.250. The van der Waals surface area contributed by atoms with Gasteiger partial charge in [0.25, 0.3) is 6.47 Å². The topological polar surface area (TPSA) is 123 Å². The van der Waals surface area contributed by atoms with Crippen LogP contribution in [-0.4, -0.2) is 58.2 Å². The zero-order valence-electron chi connectivity index (χ0n) is 18.4. The summed E-state index contributed by atoms with van der Waals surface area (Å²) in [4.78, 5) is 37.3. The minimum absolute atomic E-state index is 0.0324. The fraction of sp³-hybridized carbons (Fsp3) is 0.727. The van der Waals surface area contributed by atoms with Crippen LogP contribution < -0.4 is 10.6 Å². The van der Waals surface area contributed by atoms with Crippen LogP contribution in [0.25, 0.3) is 0 Å². The summed E-state index contributed by atoms with van der Waals surface area (Å²) >= 11 is 0. The predicted molar refractivity (Wildman–Crippen MR) is 115 cm³/mol. The number of imidazole rings is 1. The predicted octanol–water partition coefficient (Wildman–Crippen LogP) is 1.97. The lowest BCUT2D eigenvalue weighted by Gasteiger charge is -2.37. The molecule has 9 heteroatoms. The van der Waals surface area contributed by atoms with Gasteiger partial charge in [-0.3, -0.25) is 14.4 Å². The van der Waals surface area contributed by atoms with Crippen molar-refractivity contribution in [2.45, 2.75) is 77.0 Å². The van der Waals surface area contributed by atoms with Gasteiger partial charge in [0.2, 0.25) is 11.8 Å². The number of ether oxygens (including phenoxy) is 1. The molecule has 3 rings (SSSR count). The van der Waals surface area contributed by atoms with Crippen LogP contribution in [0.5, 0.6) is 0 Å². The molecule has 31 heavy (non-hydrogen) atoms. The highest BCUT2D eigenvalue weighted by Gasteiger charge is 2.36. The Morgan fingerprint density at radius 2 is 2.00 bits per heavy atom. The molecule has 0 aromatic carbocycles. The van der Waals surface area contributed by atoms with Gasteiger partial charge in [-0.25, -0.2) is 4.98 Å². The molecular weight excluding hydrogens is 400 g/mol. The molecule has 3 atom stereocenters. The van der Waals surface area contributed by atoms with Gasteiger partial charge in [0.15, 0.2) is 0 Å². The molecule has 0 bridgehead atoms. The molecule has 3 N–H and O–H groups in total. The zero-order valence-corrected chi connectivity index (χ0v) is 18.4. The number of rotatable bonds is 10. The SMILES string of the molecule is CCCO[C@H]1C[C@@H](C(=O)NCCCn2ccnc2)CC[C@@H]1NC(=O)C1CCC1.O=CO. The number of amides is 2. The zero-order chi connectivity index (χ0) is 22.5. The second kappa shape index (κ2) is 13.8. The van der Waals surface area contributed by atoms with Gasteiger partial charge in [0.05, 0.1) is 18.5 Å². The van der Waals surface area contributed by atoms with Crippen LogP contribution in [0, 0.1) is 11.8 Å². The van der Waals surface area contributed by atoms with E-state index in [4.69, 9.17) is 14.6 Å². The molecule has 174 valence electrons. The number of nitrogens with zero attached hydrogens (tertiary/aromatic N) is 2. The number of aryl methyl sites for hydroxylation is 1. The lowest BCUT2D eigenvalue weighted by molar-refractivity contribution is -0.132. The summed E-state index contributed by atoms with van der Waals surface area (Å²) in [6.07, 6.45) is 12.7. The molecule has 1 aromatic heterocycles. The van der Waals surface area contributed by atoms with E-state index in [0.717, 1.165) is 51.5 Å². The van der Waals surface area contributed by atoms with Crippen molar-refractivity contribution in [1.29, 1.82) is 0 Å². The van der Waals surface area contributed by atoms with Gasteiger partial charge in [-0.15, -0.1) is 0 Å². The maximum absolute atomic E-state index is 12.6. The first-order valence-corrected chi connectivity index (χ1v) is 11.3. The highest BCUT2D eigenvalue weighted by atomic mass is 16.5. The van der Waals surface area contributed by atoms with E-state index in [1.165, 1.54) is 0 Å². The smallest absolute Gasteiger partial charge is 0.290 e. The van der Waals surface area contributed by atoms with E-state index in [1.807, 2.05) is 10.8 Å². The molecule has 2 fully saturated rings. The van der Waals surface area contributed by atoms with Gasteiger partial charge in [0, 0.05) is 43.9 Å². The standard InChI is InChI=1S/C21H34N4O3.CH2O2/c1-2-13-28-19-14-17(7-8-18(19)24-21(27)16-5-3-6-16)20(26)23-9-4-11-25-12-10-22-15-25;2-1-3/h10,12,15-19H,2-9,11,13-14H2,1H3,(H,23,26)(H,24,27);1H,(H,2,3)/t17-,18-,19-;/m0./s1. The van der Waals surface area contributed by atoms with Crippen molar-refractivity contribution in [3.8, 4) is 0 Å². The van der Waals surface area contributed by atoms with E-state index in [9.17, 15) is 9.59 Å². The fourth-order valence-corrected chi connectivity index (χ4v) is 3.99. The summed E-state index contributed by atoms with van der Waals surface area (Å²) in [7, 11) is 0. The number of nitrogens with one attached hydrogen (secondary N) is 2. The van der Waals surface area contributed by atoms with Crippen molar-refractivity contribution in [2.24, 2.45) is 11.8 Å². The van der Waals surface area contributed by atoms with Crippen LogP contribution >= 0.6 is 0 Å². The van der Waals surface area contributed by atoms with Crippen LogP contribution in [0.3, 0.4) is 0 Å². The molecule has 2 amide bonds. The second-order valence-corrected chi connectivity index (χ2v) is 8.21. The number of carboxylic acid groups (broad SMARTS) is 1. The summed E-state index contributed by atoms with van der Waals surface area (Å²) in [6.45, 7) is 4.01. The van der Waals surface area contributed by atoms with Crippen LogP contribution in [-0.2, 0) is 25.7 Å². The van der Waals surface area contributed by atoms with Crippen molar-refractivity contribution >= 4 is 18.3 Å². The van der Waals surface area contributed by atoms with E-state index < -0.39 is 0 Å². The van der Waals surface area contributed by atoms with E-state index in [0.29, 0.717) is 19.6 Å². The molecule has 0 unspecified atom stereocenters. The Hall–Kier alpha value is -2.42. The average molecular weight is 437 g/mol. The van der Waals surface area contributed by atoms with Crippen molar-refractivity contribution in [3.63, 3.8) is 0 Å². The van der Waals surface area contributed by atoms with Crippen molar-refractivity contribution in [1.82, 2.24) is 20.2 Å². The Bertz CT molecular complexity index is 663. The lowest BCUT2D eigenvalue weighted by atomic mass is 9.81. The molecule has 9 nitrogen and oxygen atoms in total. The minimum Gasteiger partial charge on any atom is -0.483 e. The van der Waals surface area contributed by atoms with E-state index in [2.05, 4.69) is 22.5 Å². The molecular formula is C22H36N4O5. The van der Waals surface area contributed by atoms with Crippen molar-refractivity contribution in [3.05, 3.63) is 18.7 Å². The first-order valence-electron chi connectivity index (χ1n) is 11.3. The van der Waals surface area contributed by atoms with Gasteiger partial charge in [-0.1, -0.05) is 13.3 Å². The summed E-state index contributed by atoms with van der Waals surface area (Å²) in [6, 6.07) is 0.0324. The number of aromatic nitrogens is 2. The fourth-order valence-electron chi connectivity index (χ4n) is 3.99. The molecule has 1 heterocycles. The maximum Gasteiger partial charge on any atom is 0.290 e. The highest BCUT2D eigenvalue weighted by molar-refractivity contribution is 5.80. The van der Waals surface area contributed by atoms with E-state index in [1.54, 1.807) is 12.5 Å². The van der Waals surface area contributed by atoms with Crippen LogP contribution in [0.2, 0.25) is 0 Å². The summed E-state index contributed by atoms with van der Waals surface area (Å²) in [5.41, 5.74) is 0. The number of carbonyl (C=O) groups excluding carboxylic acids is 2. The molecule has 1 aromatic rings. The Kier molecular flexibility index (Phi) is 11.1. The van der Waals surface area contributed by atoms with Crippen molar-refractivity contribution < 1.29 is 24.2 Å². The summed E-state index contributed by atoms with van der Waals surface area (Å²) in [5, 5.41) is 13.2. The van der Waals surface area contributed by atoms with E-state index in [-0.39, 0.29) is 42.3 Å². The maximum atomic E-state index is 12.6. The number of hydrogen-bond donors (Lipinski definition) is 3. The molecule has 0 radical (unpaired) electrons. The lowest BCUT2D eigenvalue weighted by Crippen LogP contribution is -2.52. The Labute approximate surface area is 183 Å². The largest absolute Gasteiger partial charge is 0.483 e. The van der Waals surface area contributed by atoms with Crippen LogP contribution in [0.4, 0.5) is 0 Å². The monoisotopic (exact) mass is 436 g/mol. The Morgan fingerprint density at radius 1 is 1.23 bits per heavy atom. The third-order valence-electron chi connectivity index (χ3n) is 5.95. The molecule has 2 aliphatic rings. The van der Waals surface area contributed by atoms with Gasteiger partial charge in [-0.2, -0.15) is 0 Å². The quantitative estimate of drug-likeness (QED) is 0.381. The highest BCUT2D eigenvalue weighted by Crippen LogP contribution is 2.30. The molecule has 2 aliphatic carbocycles.